The fourth-order valence-electron chi connectivity index (χ4n) is 7.58. The Morgan fingerprint density at radius 2 is 1.68 bits per heavy atom. The third-order valence-electron chi connectivity index (χ3n) is 9.87. The van der Waals surface area contributed by atoms with Gasteiger partial charge in [0.25, 0.3) is 5.91 Å². The van der Waals surface area contributed by atoms with E-state index in [-0.39, 0.29) is 29.7 Å². The summed E-state index contributed by atoms with van der Waals surface area (Å²) in [5, 5.41) is 45.1. The van der Waals surface area contributed by atoms with Gasteiger partial charge in [-0.2, -0.15) is 0 Å². The van der Waals surface area contributed by atoms with Gasteiger partial charge in [0.1, 0.15) is 22.8 Å². The molecular weight excluding hydrogens is 564 g/mol. The van der Waals surface area contributed by atoms with Crippen LogP contribution in [0.2, 0.25) is 0 Å². The van der Waals surface area contributed by atoms with Crippen molar-refractivity contribution in [1.82, 2.24) is 14.7 Å². The topological polar surface area (TPSA) is 168 Å². The quantitative estimate of drug-likeness (QED) is 0.317. The summed E-state index contributed by atoms with van der Waals surface area (Å²) in [6, 6.07) is 10.3. The number of amides is 1. The number of hydrogen-bond donors (Lipinski definition) is 5. The lowest BCUT2D eigenvalue weighted by molar-refractivity contribution is -0.148. The van der Waals surface area contributed by atoms with Gasteiger partial charge in [0.05, 0.1) is 11.6 Å². The number of nitrogens with two attached hydrogens (primary N) is 1. The molecule has 232 valence electrons. The molecule has 11 heteroatoms. The number of allylic oxidation sites excluding steroid dienone is 1. The SMILES string of the molecule is CN1CCN(Cc2ccc(-c3ccc(O)c4c3C[C@H]3C[C@H]5[C@H](N(C)C)C(O)=C(C(N)=O)C(=O)[C@@]5(O)C(O)=C3C4=O)cc2)CC1. The first-order valence-corrected chi connectivity index (χ1v) is 14.8. The molecule has 11 nitrogen and oxygen atoms in total. The number of carbonyl (C=O) groups excluding carboxylic acids is 3. The van der Waals surface area contributed by atoms with Crippen LogP contribution >= 0.6 is 0 Å². The van der Waals surface area contributed by atoms with Crippen LogP contribution in [0.5, 0.6) is 5.75 Å². The molecule has 0 aromatic heterocycles. The van der Waals surface area contributed by atoms with Crippen molar-refractivity contribution in [2.75, 3.05) is 47.3 Å². The minimum absolute atomic E-state index is 0.00444. The zero-order valence-electron chi connectivity index (χ0n) is 25.1. The summed E-state index contributed by atoms with van der Waals surface area (Å²) in [5.74, 6) is -6.61. The number of Topliss-reactive ketones (excluding diaryl/α,β-unsaturated/α-hetero) is 2. The van der Waals surface area contributed by atoms with Crippen molar-refractivity contribution in [3.8, 4) is 16.9 Å². The van der Waals surface area contributed by atoms with E-state index in [1.54, 1.807) is 20.2 Å². The molecule has 3 aliphatic carbocycles. The van der Waals surface area contributed by atoms with Crippen molar-refractivity contribution in [1.29, 1.82) is 0 Å². The van der Waals surface area contributed by atoms with Gasteiger partial charge in [0, 0.05) is 44.2 Å². The van der Waals surface area contributed by atoms with Crippen LogP contribution in [0, 0.1) is 11.8 Å². The van der Waals surface area contributed by atoms with Crippen LogP contribution in [0.3, 0.4) is 0 Å². The minimum Gasteiger partial charge on any atom is -0.510 e. The number of piperazine rings is 1. The zero-order valence-corrected chi connectivity index (χ0v) is 25.1. The molecule has 0 unspecified atom stereocenters. The molecule has 2 aromatic rings. The first-order valence-electron chi connectivity index (χ1n) is 14.8. The first-order chi connectivity index (χ1) is 20.8. The number of primary amides is 1. The first kappa shape index (κ1) is 30.0. The van der Waals surface area contributed by atoms with Crippen molar-refractivity contribution in [2.24, 2.45) is 17.6 Å². The molecule has 6 rings (SSSR count). The summed E-state index contributed by atoms with van der Waals surface area (Å²) < 4.78 is 0. The molecule has 44 heavy (non-hydrogen) atoms. The Labute approximate surface area is 255 Å². The second-order valence-corrected chi connectivity index (χ2v) is 12.7. The Hall–Kier alpha value is -4.03. The fraction of sp³-hybridized carbons (Fsp3) is 0.424. The number of aliphatic hydroxyl groups excluding tert-OH is 2. The number of ketones is 2. The fourth-order valence-corrected chi connectivity index (χ4v) is 7.58. The number of carbonyl (C=O) groups is 3. The van der Waals surface area contributed by atoms with Gasteiger partial charge in [-0.15, -0.1) is 0 Å². The maximum absolute atomic E-state index is 14.0. The third kappa shape index (κ3) is 4.54. The highest BCUT2D eigenvalue weighted by Crippen LogP contribution is 2.53. The maximum Gasteiger partial charge on any atom is 0.255 e. The number of rotatable bonds is 5. The van der Waals surface area contributed by atoms with Gasteiger partial charge in [0.15, 0.2) is 11.4 Å². The molecular formula is C33H38N4O7. The van der Waals surface area contributed by atoms with E-state index >= 15 is 0 Å². The van der Waals surface area contributed by atoms with E-state index < -0.39 is 58.0 Å². The number of phenolic OH excluding ortho intramolecular Hbond substituents is 1. The Bertz CT molecular complexity index is 1620. The molecule has 6 N–H and O–H groups in total. The predicted octanol–water partition coefficient (Wildman–Crippen LogP) is 1.54. The molecule has 1 heterocycles. The van der Waals surface area contributed by atoms with Gasteiger partial charge < -0.3 is 31.1 Å². The lowest BCUT2D eigenvalue weighted by atomic mass is 9.58. The average molecular weight is 603 g/mol. The van der Waals surface area contributed by atoms with E-state index in [4.69, 9.17) is 5.73 Å². The average Bonchev–Trinajstić information content (AvgIpc) is 2.96. The lowest BCUT2D eigenvalue weighted by Gasteiger charge is -2.50. The number of phenols is 1. The Balaban J connectivity index is 1.39. The highest BCUT2D eigenvalue weighted by atomic mass is 16.3. The van der Waals surface area contributed by atoms with Crippen LogP contribution in [-0.4, -0.2) is 112 Å². The number of hydrogen-bond acceptors (Lipinski definition) is 10. The van der Waals surface area contributed by atoms with Crippen LogP contribution in [0.25, 0.3) is 11.1 Å². The summed E-state index contributed by atoms with van der Waals surface area (Å²) in [6.45, 7) is 4.91. The molecule has 0 radical (unpaired) electrons. The smallest absolute Gasteiger partial charge is 0.255 e. The van der Waals surface area contributed by atoms with Gasteiger partial charge in [-0.25, -0.2) is 0 Å². The second kappa shape index (κ2) is 10.8. The highest BCUT2D eigenvalue weighted by Gasteiger charge is 2.63. The summed E-state index contributed by atoms with van der Waals surface area (Å²) in [6.07, 6.45) is 0.284. The van der Waals surface area contributed by atoms with Crippen LogP contribution in [0.1, 0.15) is 27.9 Å². The third-order valence-corrected chi connectivity index (χ3v) is 9.87. The Kier molecular flexibility index (Phi) is 7.40. The van der Waals surface area contributed by atoms with Crippen molar-refractivity contribution in [3.05, 3.63) is 75.8 Å². The molecule has 4 aliphatic rings. The van der Waals surface area contributed by atoms with Gasteiger partial charge in [-0.05, 0) is 68.2 Å². The number of benzene rings is 2. The van der Waals surface area contributed by atoms with Gasteiger partial charge in [-0.3, -0.25) is 24.2 Å². The van der Waals surface area contributed by atoms with Crippen LogP contribution in [0.15, 0.2) is 59.1 Å². The molecule has 4 atom stereocenters. The molecule has 0 saturated carbocycles. The highest BCUT2D eigenvalue weighted by molar-refractivity contribution is 6.24. The molecule has 1 fully saturated rings. The number of nitrogens with zero attached hydrogens (tertiary/aromatic N) is 3. The van der Waals surface area contributed by atoms with Crippen molar-refractivity contribution in [3.63, 3.8) is 0 Å². The van der Waals surface area contributed by atoms with Gasteiger partial charge in [-0.1, -0.05) is 30.3 Å². The molecule has 2 aromatic carbocycles. The number of aliphatic hydroxyl groups is 3. The molecule has 1 aliphatic heterocycles. The molecule has 0 spiro atoms. The molecule has 1 amide bonds. The van der Waals surface area contributed by atoms with E-state index in [0.717, 1.165) is 43.9 Å². The summed E-state index contributed by atoms with van der Waals surface area (Å²) >= 11 is 0. The monoisotopic (exact) mass is 602 g/mol. The number of aromatic hydroxyl groups is 1. The molecule has 1 saturated heterocycles. The number of fused-ring (bicyclic) bond motifs is 3. The van der Waals surface area contributed by atoms with E-state index in [0.29, 0.717) is 5.56 Å². The minimum atomic E-state index is -2.66. The lowest BCUT2D eigenvalue weighted by Crippen LogP contribution is -2.63. The Morgan fingerprint density at radius 1 is 1.02 bits per heavy atom. The van der Waals surface area contributed by atoms with E-state index in [1.165, 1.54) is 16.5 Å². The van der Waals surface area contributed by atoms with E-state index in [9.17, 15) is 34.8 Å². The van der Waals surface area contributed by atoms with Crippen LogP contribution in [0.4, 0.5) is 0 Å². The normalized spacial score (nSPS) is 27.8. The standard InChI is InChI=1S/C33H38N4O7/c1-35(2)27-22-15-19-14-21-20(18-6-4-17(5-7-18)16-37-12-10-36(3)11-13-37)8-9-23(38)25(21)28(39)24(19)30(41)33(22,44)31(42)26(29(27)40)32(34)43/h4-9,19,22,27,38,40-41,44H,10-16H2,1-3H3,(H2,34,43)/t19-,22-,27-,33-/m0/s1. The van der Waals surface area contributed by atoms with Crippen molar-refractivity contribution < 1.29 is 34.8 Å². The second-order valence-electron chi connectivity index (χ2n) is 12.7. The van der Waals surface area contributed by atoms with Crippen LogP contribution in [-0.2, 0) is 22.6 Å². The van der Waals surface area contributed by atoms with Gasteiger partial charge in [0.2, 0.25) is 5.78 Å². The van der Waals surface area contributed by atoms with Gasteiger partial charge >= 0.3 is 0 Å². The van der Waals surface area contributed by atoms with Crippen LogP contribution < -0.4 is 5.73 Å². The molecule has 0 bridgehead atoms. The van der Waals surface area contributed by atoms with E-state index in [2.05, 4.69) is 29.0 Å². The van der Waals surface area contributed by atoms with E-state index in [1.807, 2.05) is 12.1 Å². The largest absolute Gasteiger partial charge is 0.510 e. The summed E-state index contributed by atoms with van der Waals surface area (Å²) in [7, 11) is 5.34. The number of likely N-dealkylation sites (N-methyl/N-ethyl adjacent to an activating group) is 2. The Morgan fingerprint density at radius 3 is 2.30 bits per heavy atom. The predicted molar refractivity (Wildman–Crippen MR) is 162 cm³/mol. The summed E-state index contributed by atoms with van der Waals surface area (Å²) in [4.78, 5) is 45.9. The summed E-state index contributed by atoms with van der Waals surface area (Å²) in [5.41, 5.74) is 5.17. The van der Waals surface area contributed by atoms with Crippen molar-refractivity contribution in [2.45, 2.75) is 31.0 Å². The maximum atomic E-state index is 14.0. The van der Waals surface area contributed by atoms with Crippen molar-refractivity contribution >= 4 is 17.5 Å². The zero-order chi connectivity index (χ0) is 31.7.